The molecule has 0 aliphatic rings. The molecule has 0 aliphatic heterocycles. The van der Waals surface area contributed by atoms with Crippen molar-refractivity contribution in [2.24, 2.45) is 0 Å². The fourth-order valence-corrected chi connectivity index (χ4v) is 2.11. The van der Waals surface area contributed by atoms with Crippen molar-refractivity contribution in [3.05, 3.63) is 38.0 Å². The Morgan fingerprint density at radius 2 is 1.36 bits per heavy atom. The van der Waals surface area contributed by atoms with Crippen LogP contribution in [0.1, 0.15) is 6.92 Å². The summed E-state index contributed by atoms with van der Waals surface area (Å²) >= 11 is 0. The van der Waals surface area contributed by atoms with E-state index in [1.807, 2.05) is 18.2 Å². The summed E-state index contributed by atoms with van der Waals surface area (Å²) in [7, 11) is 0.421. The fraction of sp³-hybridized carbons (Fsp3) is 0.364. The normalized spacial score (nSPS) is 8.43. The first-order chi connectivity index (χ1) is 6.58. The summed E-state index contributed by atoms with van der Waals surface area (Å²) in [6.07, 6.45) is 5.91. The summed E-state index contributed by atoms with van der Waals surface area (Å²) in [6.45, 7) is 12.1. The van der Waals surface area contributed by atoms with Crippen molar-refractivity contribution < 1.29 is 9.90 Å². The molecule has 0 aromatic heterocycles. The average Bonchev–Trinajstić information content (AvgIpc) is 2.04. The molecule has 0 fully saturated rings. The maximum Gasteiger partial charge on any atom is 0.126 e. The van der Waals surface area contributed by atoms with Gasteiger partial charge in [-0.15, -0.1) is 0 Å². The molecule has 3 heteroatoms. The first kappa shape index (κ1) is 15.5. The molecule has 0 N–H and O–H groups in total. The number of carbonyl (C=O) groups excluding carboxylic acids is 1. The Kier molecular flexibility index (Phi) is 13.3. The van der Waals surface area contributed by atoms with Crippen molar-refractivity contribution >= 4 is 16.9 Å². The van der Waals surface area contributed by atoms with E-state index in [-0.39, 0.29) is 0 Å². The van der Waals surface area contributed by atoms with Crippen LogP contribution in [0.4, 0.5) is 0 Å². The van der Waals surface area contributed by atoms with Gasteiger partial charge in [-0.05, 0) is 36.0 Å². The molecule has 0 radical (unpaired) electrons. The lowest BCUT2D eigenvalue weighted by Crippen LogP contribution is -2.16. The molecule has 0 aromatic rings. The van der Waals surface area contributed by atoms with Crippen LogP contribution in [0.3, 0.4) is 0 Å². The van der Waals surface area contributed by atoms with E-state index in [1.54, 1.807) is 0 Å². The van der Waals surface area contributed by atoms with Gasteiger partial charge < -0.3 is 9.90 Å². The zero-order chi connectivity index (χ0) is 11.4. The summed E-state index contributed by atoms with van der Waals surface area (Å²) in [5.41, 5.74) is 0. The molecule has 0 bridgehead atoms. The summed E-state index contributed by atoms with van der Waals surface area (Å²) in [5.74, 6) is 2.20. The van der Waals surface area contributed by atoms with Gasteiger partial charge in [-0.3, -0.25) is 0 Å². The zero-order valence-corrected chi connectivity index (χ0v) is 9.52. The first-order valence-corrected chi connectivity index (χ1v) is 5.96. The van der Waals surface area contributed by atoms with Gasteiger partial charge in [0.2, 0.25) is 0 Å². The third kappa shape index (κ3) is 17.2. The molecule has 0 saturated heterocycles. The minimum atomic E-state index is -1.08. The summed E-state index contributed by atoms with van der Waals surface area (Å²) in [5, 5.41) is 8.89. The van der Waals surface area contributed by atoms with Gasteiger partial charge in [0.15, 0.2) is 0 Å². The van der Waals surface area contributed by atoms with Gasteiger partial charge in [-0.2, -0.15) is 0 Å². The summed E-state index contributed by atoms with van der Waals surface area (Å²) in [6, 6.07) is 0. The highest BCUT2D eigenvalue weighted by atomic mass is 32.2. The number of carboxylic acid groups (broad SMARTS) is 1. The predicted octanol–water partition coefficient (Wildman–Crippen LogP) is 0.919. The second-order valence-electron chi connectivity index (χ2n) is 2.47. The minimum absolute atomic E-state index is 0.421. The van der Waals surface area contributed by atoms with Crippen LogP contribution in [0.15, 0.2) is 38.0 Å². The SMILES string of the molecule is C=CC[S+](CC=C)CC=C.CC(=O)[O-]. The van der Waals surface area contributed by atoms with Crippen LogP contribution in [0, 0.1) is 0 Å². The molecule has 0 rings (SSSR count). The number of hydrogen-bond donors (Lipinski definition) is 0. The van der Waals surface area contributed by atoms with Crippen molar-refractivity contribution in [3.8, 4) is 0 Å². The van der Waals surface area contributed by atoms with Gasteiger partial charge in [0.25, 0.3) is 0 Å². The average molecular weight is 214 g/mol. The van der Waals surface area contributed by atoms with E-state index in [0.717, 1.165) is 24.2 Å². The Morgan fingerprint density at radius 3 is 1.50 bits per heavy atom. The number of rotatable bonds is 6. The first-order valence-electron chi connectivity index (χ1n) is 4.22. The van der Waals surface area contributed by atoms with E-state index in [9.17, 15) is 0 Å². The Hall–Kier alpha value is -0.960. The molecular formula is C11H18O2S. The Bertz CT molecular complexity index is 160. The third-order valence-electron chi connectivity index (χ3n) is 1.06. The standard InChI is InChI=1S/C9H15S.C2H4O2/c1-4-7-10(8-5-2)9-6-3;1-2(3)4/h4-6H,1-3,7-9H2;1H3,(H,3,4)/q+1;/p-1. The Balaban J connectivity index is 0. The molecule has 2 nitrogen and oxygen atoms in total. The molecule has 0 amide bonds. The van der Waals surface area contributed by atoms with Crippen LogP contribution in [0.2, 0.25) is 0 Å². The van der Waals surface area contributed by atoms with E-state index < -0.39 is 5.97 Å². The Labute approximate surface area is 89.4 Å². The van der Waals surface area contributed by atoms with Crippen LogP contribution in [-0.2, 0) is 15.7 Å². The van der Waals surface area contributed by atoms with Crippen molar-refractivity contribution in [2.75, 3.05) is 17.3 Å². The molecule has 0 aliphatic carbocycles. The zero-order valence-electron chi connectivity index (χ0n) is 8.70. The lowest BCUT2D eigenvalue weighted by molar-refractivity contribution is -0.302. The maximum atomic E-state index is 8.89. The summed E-state index contributed by atoms with van der Waals surface area (Å²) < 4.78 is 0. The molecule has 14 heavy (non-hydrogen) atoms. The lowest BCUT2D eigenvalue weighted by atomic mass is 10.7. The van der Waals surface area contributed by atoms with Gasteiger partial charge >= 0.3 is 0 Å². The van der Waals surface area contributed by atoms with Crippen LogP contribution in [-0.4, -0.2) is 23.2 Å². The molecule has 0 unspecified atom stereocenters. The molecule has 0 saturated carbocycles. The Morgan fingerprint density at radius 1 is 1.14 bits per heavy atom. The maximum absolute atomic E-state index is 8.89. The molecule has 0 atom stereocenters. The topological polar surface area (TPSA) is 40.1 Å². The highest BCUT2D eigenvalue weighted by Crippen LogP contribution is 1.97. The lowest BCUT2D eigenvalue weighted by Gasteiger charge is -1.98. The van der Waals surface area contributed by atoms with Gasteiger partial charge in [-0.25, -0.2) is 0 Å². The van der Waals surface area contributed by atoms with Gasteiger partial charge in [0, 0.05) is 5.97 Å². The van der Waals surface area contributed by atoms with E-state index >= 15 is 0 Å². The smallest absolute Gasteiger partial charge is 0.126 e. The van der Waals surface area contributed by atoms with Gasteiger partial charge in [-0.1, -0.05) is 19.7 Å². The van der Waals surface area contributed by atoms with Crippen molar-refractivity contribution in [1.82, 2.24) is 0 Å². The van der Waals surface area contributed by atoms with Crippen LogP contribution in [0.5, 0.6) is 0 Å². The monoisotopic (exact) mass is 214 g/mol. The van der Waals surface area contributed by atoms with E-state index in [4.69, 9.17) is 9.90 Å². The minimum Gasteiger partial charge on any atom is -0.550 e. The van der Waals surface area contributed by atoms with Crippen LogP contribution < -0.4 is 5.11 Å². The summed E-state index contributed by atoms with van der Waals surface area (Å²) in [4.78, 5) is 8.89. The van der Waals surface area contributed by atoms with Crippen molar-refractivity contribution in [1.29, 1.82) is 0 Å². The number of aliphatic carboxylic acids is 1. The molecular weight excluding hydrogens is 196 g/mol. The fourth-order valence-electron chi connectivity index (χ4n) is 0.704. The number of carboxylic acids is 1. The van der Waals surface area contributed by atoms with E-state index in [1.165, 1.54) is 0 Å². The highest BCUT2D eigenvalue weighted by molar-refractivity contribution is 7.97. The highest BCUT2D eigenvalue weighted by Gasteiger charge is 2.09. The second kappa shape index (κ2) is 12.0. The van der Waals surface area contributed by atoms with Crippen LogP contribution in [0.25, 0.3) is 0 Å². The predicted molar refractivity (Wildman–Crippen MR) is 63.2 cm³/mol. The number of hydrogen-bond acceptors (Lipinski definition) is 2. The van der Waals surface area contributed by atoms with Crippen molar-refractivity contribution in [2.45, 2.75) is 6.92 Å². The van der Waals surface area contributed by atoms with Gasteiger partial charge in [0.05, 0.1) is 0 Å². The molecule has 0 heterocycles. The third-order valence-corrected chi connectivity index (χ3v) is 3.18. The second-order valence-corrected chi connectivity index (χ2v) is 4.69. The van der Waals surface area contributed by atoms with E-state index in [2.05, 4.69) is 19.7 Å². The molecule has 0 aromatic carbocycles. The van der Waals surface area contributed by atoms with E-state index in [0.29, 0.717) is 10.9 Å². The molecule has 80 valence electrons. The van der Waals surface area contributed by atoms with Gasteiger partial charge in [0.1, 0.15) is 17.3 Å². The largest absolute Gasteiger partial charge is 0.550 e. The molecule has 0 spiro atoms. The van der Waals surface area contributed by atoms with Crippen LogP contribution >= 0.6 is 0 Å². The number of carbonyl (C=O) groups is 1. The quantitative estimate of drug-likeness (QED) is 0.487. The van der Waals surface area contributed by atoms with Crippen molar-refractivity contribution in [3.63, 3.8) is 0 Å².